The number of carboxylic acid groups (broad SMARTS) is 1. The average Bonchev–Trinajstić information content (AvgIpc) is 3.42. The maximum Gasteiger partial charge on any atom is 0.471 e. The lowest BCUT2D eigenvalue weighted by molar-refractivity contribution is -0.197. The van der Waals surface area contributed by atoms with Crippen LogP contribution < -0.4 is 0 Å². The Hall–Kier alpha value is -2.35. The summed E-state index contributed by atoms with van der Waals surface area (Å²) >= 11 is 0. The highest BCUT2D eigenvalue weighted by atomic mass is 19.4. The lowest BCUT2D eigenvalue weighted by Crippen LogP contribution is -2.68. The number of carbonyl (C=O) groups is 2. The van der Waals surface area contributed by atoms with Crippen LogP contribution in [0.4, 0.5) is 13.2 Å². The third-order valence-corrected chi connectivity index (χ3v) is 6.83. The summed E-state index contributed by atoms with van der Waals surface area (Å²) in [4.78, 5) is 26.0. The van der Waals surface area contributed by atoms with E-state index in [1.165, 1.54) is 0 Å². The lowest BCUT2D eigenvalue weighted by atomic mass is 9.60. The minimum Gasteiger partial charge on any atom is -0.480 e. The molecule has 0 bridgehead atoms. The predicted octanol–water partition coefficient (Wildman–Crippen LogP) is 3.81. The Morgan fingerprint density at radius 3 is 2.42 bits per heavy atom. The van der Waals surface area contributed by atoms with Crippen molar-refractivity contribution in [2.24, 2.45) is 11.3 Å². The summed E-state index contributed by atoms with van der Waals surface area (Å²) in [5, 5.41) is 8.88. The van der Waals surface area contributed by atoms with E-state index in [1.54, 1.807) is 4.90 Å². The van der Waals surface area contributed by atoms with Crippen molar-refractivity contribution in [1.29, 1.82) is 0 Å². The van der Waals surface area contributed by atoms with Gasteiger partial charge in [0.05, 0.1) is 6.54 Å². The SMILES string of the molecule is CC/C(=C\c1ccccc1)[C@H]1C[C@@H]1N(C(=O)C(F)(F)F)C1CC2(C1)CN(CC(=O)O)C2. The van der Waals surface area contributed by atoms with Crippen molar-refractivity contribution in [2.45, 2.75) is 50.9 Å². The van der Waals surface area contributed by atoms with E-state index in [0.717, 1.165) is 22.5 Å². The fourth-order valence-corrected chi connectivity index (χ4v) is 5.46. The maximum absolute atomic E-state index is 13.4. The molecule has 1 N–H and O–H groups in total. The number of hydrogen-bond acceptors (Lipinski definition) is 3. The van der Waals surface area contributed by atoms with Gasteiger partial charge in [0.15, 0.2) is 0 Å². The average molecular weight is 436 g/mol. The van der Waals surface area contributed by atoms with Crippen LogP contribution in [0.2, 0.25) is 0 Å². The maximum atomic E-state index is 13.4. The van der Waals surface area contributed by atoms with Crippen LogP contribution in [0, 0.1) is 11.3 Å². The molecule has 0 aromatic heterocycles. The first kappa shape index (κ1) is 21.9. The second kappa shape index (κ2) is 7.97. The highest BCUT2D eigenvalue weighted by molar-refractivity contribution is 5.83. The molecule has 1 aromatic rings. The standard InChI is InChI=1S/C23H27F3N2O3/c1-2-16(8-15-6-4-3-5-7-15)18-9-19(18)28(21(31)23(24,25)26)17-10-22(11-17)13-27(14-22)12-20(29)30/h3-8,17-19H,2,9-14H2,1H3,(H,29,30)/b16-8+/t18-,19+/m1/s1. The van der Waals surface area contributed by atoms with E-state index in [1.807, 2.05) is 43.3 Å². The number of amides is 1. The first-order valence-electron chi connectivity index (χ1n) is 10.7. The second-order valence-corrected chi connectivity index (χ2v) is 9.20. The number of benzene rings is 1. The fourth-order valence-electron chi connectivity index (χ4n) is 5.46. The van der Waals surface area contributed by atoms with E-state index >= 15 is 0 Å². The zero-order valence-corrected chi connectivity index (χ0v) is 17.4. The summed E-state index contributed by atoms with van der Waals surface area (Å²) in [5.74, 6) is -2.69. The second-order valence-electron chi connectivity index (χ2n) is 9.20. The zero-order valence-electron chi connectivity index (χ0n) is 17.4. The normalized spacial score (nSPS) is 25.6. The monoisotopic (exact) mass is 436 g/mol. The van der Waals surface area contributed by atoms with Crippen LogP contribution in [0.25, 0.3) is 6.08 Å². The predicted molar refractivity (Wildman–Crippen MR) is 109 cm³/mol. The molecule has 0 unspecified atom stereocenters. The van der Waals surface area contributed by atoms with Crippen molar-refractivity contribution in [2.75, 3.05) is 19.6 Å². The molecule has 2 saturated carbocycles. The molecule has 1 amide bonds. The summed E-state index contributed by atoms with van der Waals surface area (Å²) in [5.41, 5.74) is 1.94. The molecule has 1 saturated heterocycles. The Morgan fingerprint density at radius 1 is 1.23 bits per heavy atom. The Bertz CT molecular complexity index is 870. The van der Waals surface area contributed by atoms with E-state index in [2.05, 4.69) is 0 Å². The van der Waals surface area contributed by atoms with Gasteiger partial charge in [0.1, 0.15) is 0 Å². The van der Waals surface area contributed by atoms with Crippen molar-refractivity contribution in [3.8, 4) is 0 Å². The summed E-state index contributed by atoms with van der Waals surface area (Å²) in [6.07, 6.45) is -0.554. The van der Waals surface area contributed by atoms with E-state index < -0.39 is 30.1 Å². The van der Waals surface area contributed by atoms with Gasteiger partial charge in [0.2, 0.25) is 0 Å². The van der Waals surface area contributed by atoms with Gasteiger partial charge in [-0.25, -0.2) is 0 Å². The van der Waals surface area contributed by atoms with Crippen molar-refractivity contribution in [1.82, 2.24) is 9.80 Å². The molecular weight excluding hydrogens is 409 g/mol. The molecule has 1 spiro atoms. The number of carbonyl (C=O) groups excluding carboxylic acids is 1. The molecule has 168 valence electrons. The number of nitrogens with zero attached hydrogens (tertiary/aromatic N) is 2. The third-order valence-electron chi connectivity index (χ3n) is 6.83. The van der Waals surface area contributed by atoms with E-state index in [4.69, 9.17) is 5.11 Å². The number of alkyl halides is 3. The van der Waals surface area contributed by atoms with Gasteiger partial charge in [-0.3, -0.25) is 14.5 Å². The van der Waals surface area contributed by atoms with Crippen LogP contribution in [0.5, 0.6) is 0 Å². The minimum absolute atomic E-state index is 0.0436. The van der Waals surface area contributed by atoms with E-state index in [-0.39, 0.29) is 17.9 Å². The van der Waals surface area contributed by atoms with Gasteiger partial charge in [-0.15, -0.1) is 0 Å². The number of aliphatic carboxylic acids is 1. The zero-order chi connectivity index (χ0) is 22.4. The van der Waals surface area contributed by atoms with Crippen LogP contribution >= 0.6 is 0 Å². The largest absolute Gasteiger partial charge is 0.480 e. The lowest BCUT2D eigenvalue weighted by Gasteiger charge is -2.61. The number of carboxylic acids is 1. The van der Waals surface area contributed by atoms with Crippen molar-refractivity contribution in [3.05, 3.63) is 41.5 Å². The van der Waals surface area contributed by atoms with Gasteiger partial charge in [0.25, 0.3) is 0 Å². The number of likely N-dealkylation sites (tertiary alicyclic amines) is 1. The molecule has 5 nitrogen and oxygen atoms in total. The Kier molecular flexibility index (Phi) is 5.62. The number of halogens is 3. The van der Waals surface area contributed by atoms with Crippen LogP contribution in [-0.4, -0.2) is 64.7 Å². The quantitative estimate of drug-likeness (QED) is 0.706. The van der Waals surface area contributed by atoms with Crippen LogP contribution in [0.3, 0.4) is 0 Å². The van der Waals surface area contributed by atoms with Gasteiger partial charge in [-0.1, -0.05) is 48.9 Å². The molecule has 3 fully saturated rings. The molecular formula is C23H27F3N2O3. The molecule has 31 heavy (non-hydrogen) atoms. The molecule has 1 heterocycles. The first-order valence-corrected chi connectivity index (χ1v) is 10.7. The van der Waals surface area contributed by atoms with Crippen molar-refractivity contribution in [3.63, 3.8) is 0 Å². The van der Waals surface area contributed by atoms with Gasteiger partial charge in [-0.05, 0) is 36.7 Å². The molecule has 0 radical (unpaired) electrons. The van der Waals surface area contributed by atoms with E-state index in [9.17, 15) is 22.8 Å². The van der Waals surface area contributed by atoms with Crippen molar-refractivity contribution < 1.29 is 27.9 Å². The highest BCUT2D eigenvalue weighted by Gasteiger charge is 2.61. The Labute approximate surface area is 179 Å². The third kappa shape index (κ3) is 4.49. The molecule has 1 aliphatic heterocycles. The van der Waals surface area contributed by atoms with Gasteiger partial charge in [-0.2, -0.15) is 13.2 Å². The van der Waals surface area contributed by atoms with Crippen LogP contribution in [0.15, 0.2) is 35.9 Å². The van der Waals surface area contributed by atoms with Gasteiger partial charge < -0.3 is 10.0 Å². The number of hydrogen-bond donors (Lipinski definition) is 1. The molecule has 1 aromatic carbocycles. The fraction of sp³-hybridized carbons (Fsp3) is 0.565. The van der Waals surface area contributed by atoms with Crippen LogP contribution in [0.1, 0.15) is 38.2 Å². The van der Waals surface area contributed by atoms with E-state index in [0.29, 0.717) is 32.4 Å². The van der Waals surface area contributed by atoms with Crippen LogP contribution in [-0.2, 0) is 9.59 Å². The summed E-state index contributed by atoms with van der Waals surface area (Å²) < 4.78 is 40.1. The summed E-state index contributed by atoms with van der Waals surface area (Å²) in [6.45, 7) is 3.09. The smallest absolute Gasteiger partial charge is 0.471 e. The summed E-state index contributed by atoms with van der Waals surface area (Å²) in [6, 6.07) is 8.83. The molecule has 2 atom stereocenters. The molecule has 8 heteroatoms. The first-order chi connectivity index (χ1) is 14.6. The Balaban J connectivity index is 1.45. The molecule has 3 aliphatic rings. The highest BCUT2D eigenvalue weighted by Crippen LogP contribution is 2.54. The Morgan fingerprint density at radius 2 is 1.87 bits per heavy atom. The van der Waals surface area contributed by atoms with Gasteiger partial charge >= 0.3 is 18.1 Å². The number of rotatable bonds is 7. The molecule has 2 aliphatic carbocycles. The topological polar surface area (TPSA) is 60.9 Å². The van der Waals surface area contributed by atoms with Crippen molar-refractivity contribution >= 4 is 18.0 Å². The van der Waals surface area contributed by atoms with Gasteiger partial charge in [0, 0.05) is 31.1 Å². The minimum atomic E-state index is -4.89. The molecule has 4 rings (SSSR count). The summed E-state index contributed by atoms with van der Waals surface area (Å²) in [7, 11) is 0.